The van der Waals surface area contributed by atoms with Gasteiger partial charge in [-0.25, -0.2) is 0 Å². The van der Waals surface area contributed by atoms with Crippen LogP contribution in [0, 0.1) is 5.92 Å². The number of carbonyl (C=O) groups excluding carboxylic acids is 1. The van der Waals surface area contributed by atoms with Gasteiger partial charge in [0, 0.05) is 24.5 Å². The average molecular weight is 249 g/mol. The number of anilines is 1. The zero-order valence-corrected chi connectivity index (χ0v) is 11.7. The Morgan fingerprint density at radius 2 is 2.06 bits per heavy atom. The smallest absolute Gasteiger partial charge is 0.270 e. The van der Waals surface area contributed by atoms with E-state index in [-0.39, 0.29) is 11.9 Å². The van der Waals surface area contributed by atoms with E-state index >= 15 is 0 Å². The highest BCUT2D eigenvalue weighted by molar-refractivity contribution is 5.93. The third-order valence-electron chi connectivity index (χ3n) is 2.46. The van der Waals surface area contributed by atoms with Gasteiger partial charge in [-0.05, 0) is 38.3 Å². The Bertz CT molecular complexity index is 388. The molecule has 0 atom stereocenters. The number of rotatable bonds is 6. The molecule has 0 aliphatic heterocycles. The second kappa shape index (κ2) is 6.99. The molecule has 0 saturated heterocycles. The number of hydrogen-bond acceptors (Lipinski definition) is 3. The lowest BCUT2D eigenvalue weighted by molar-refractivity contribution is 0.0938. The SMILES string of the molecule is CC(C)CCNc1ccnc(C(=O)NC(C)C)c1. The third-order valence-corrected chi connectivity index (χ3v) is 2.46. The fourth-order valence-corrected chi connectivity index (χ4v) is 1.51. The van der Waals surface area contributed by atoms with Crippen molar-refractivity contribution in [2.24, 2.45) is 5.92 Å². The second-order valence-electron chi connectivity index (χ2n) is 5.17. The van der Waals surface area contributed by atoms with Gasteiger partial charge >= 0.3 is 0 Å². The summed E-state index contributed by atoms with van der Waals surface area (Å²) in [5, 5.41) is 6.14. The van der Waals surface area contributed by atoms with Gasteiger partial charge in [-0.3, -0.25) is 9.78 Å². The molecular weight excluding hydrogens is 226 g/mol. The Balaban J connectivity index is 2.59. The average Bonchev–Trinajstić information content (AvgIpc) is 2.28. The van der Waals surface area contributed by atoms with Crippen LogP contribution in [0.2, 0.25) is 0 Å². The summed E-state index contributed by atoms with van der Waals surface area (Å²) in [7, 11) is 0. The molecule has 0 aromatic carbocycles. The topological polar surface area (TPSA) is 54.0 Å². The molecule has 1 heterocycles. The van der Waals surface area contributed by atoms with Crippen LogP contribution in [0.4, 0.5) is 5.69 Å². The molecule has 100 valence electrons. The van der Waals surface area contributed by atoms with Crippen molar-refractivity contribution < 1.29 is 4.79 Å². The largest absolute Gasteiger partial charge is 0.385 e. The molecule has 1 aromatic heterocycles. The van der Waals surface area contributed by atoms with Crippen molar-refractivity contribution in [3.8, 4) is 0 Å². The summed E-state index contributed by atoms with van der Waals surface area (Å²) in [6.45, 7) is 9.16. The van der Waals surface area contributed by atoms with E-state index in [1.54, 1.807) is 12.3 Å². The normalized spacial score (nSPS) is 10.8. The molecule has 4 nitrogen and oxygen atoms in total. The predicted molar refractivity (Wildman–Crippen MR) is 74.8 cm³/mol. The van der Waals surface area contributed by atoms with E-state index in [1.165, 1.54) is 0 Å². The van der Waals surface area contributed by atoms with Crippen LogP contribution >= 0.6 is 0 Å². The summed E-state index contributed by atoms with van der Waals surface area (Å²) in [5.74, 6) is 0.542. The van der Waals surface area contributed by atoms with E-state index in [1.807, 2.05) is 19.9 Å². The van der Waals surface area contributed by atoms with Crippen LogP contribution in [0.1, 0.15) is 44.6 Å². The Kier molecular flexibility index (Phi) is 5.62. The third kappa shape index (κ3) is 5.17. The number of nitrogens with one attached hydrogen (secondary N) is 2. The van der Waals surface area contributed by atoms with Gasteiger partial charge in [-0.2, -0.15) is 0 Å². The van der Waals surface area contributed by atoms with Gasteiger partial charge in [0.1, 0.15) is 5.69 Å². The molecule has 1 rings (SSSR count). The minimum atomic E-state index is -0.127. The highest BCUT2D eigenvalue weighted by atomic mass is 16.1. The van der Waals surface area contributed by atoms with Crippen LogP contribution in [0.15, 0.2) is 18.3 Å². The van der Waals surface area contributed by atoms with Crippen LogP contribution in [-0.2, 0) is 0 Å². The molecule has 0 fully saturated rings. The molecule has 0 radical (unpaired) electrons. The molecule has 0 bridgehead atoms. The number of amides is 1. The predicted octanol–water partition coefficient (Wildman–Crippen LogP) is 2.68. The lowest BCUT2D eigenvalue weighted by Gasteiger charge is -2.10. The fraction of sp³-hybridized carbons (Fsp3) is 0.571. The molecule has 0 aliphatic rings. The molecule has 1 aromatic rings. The molecule has 0 spiro atoms. The second-order valence-corrected chi connectivity index (χ2v) is 5.17. The van der Waals surface area contributed by atoms with Crippen LogP contribution < -0.4 is 10.6 Å². The number of hydrogen-bond donors (Lipinski definition) is 2. The summed E-state index contributed by atoms with van der Waals surface area (Å²) in [5.41, 5.74) is 1.40. The van der Waals surface area contributed by atoms with Gasteiger partial charge in [0.2, 0.25) is 0 Å². The zero-order valence-electron chi connectivity index (χ0n) is 11.7. The first kappa shape index (κ1) is 14.5. The maximum Gasteiger partial charge on any atom is 0.270 e. The van der Waals surface area contributed by atoms with Crippen molar-refractivity contribution in [2.45, 2.75) is 40.2 Å². The van der Waals surface area contributed by atoms with Crippen LogP contribution in [-0.4, -0.2) is 23.5 Å². The maximum atomic E-state index is 11.8. The lowest BCUT2D eigenvalue weighted by Crippen LogP contribution is -2.30. The fourth-order valence-electron chi connectivity index (χ4n) is 1.51. The van der Waals surface area contributed by atoms with Crippen LogP contribution in [0.5, 0.6) is 0 Å². The van der Waals surface area contributed by atoms with Crippen molar-refractivity contribution >= 4 is 11.6 Å². The van der Waals surface area contributed by atoms with Crippen LogP contribution in [0.25, 0.3) is 0 Å². The lowest BCUT2D eigenvalue weighted by atomic mass is 10.1. The molecule has 4 heteroatoms. The van der Waals surface area contributed by atoms with Gasteiger partial charge in [0.05, 0.1) is 0 Å². The van der Waals surface area contributed by atoms with Gasteiger partial charge in [0.15, 0.2) is 0 Å². The molecule has 0 aliphatic carbocycles. The Morgan fingerprint density at radius 3 is 2.67 bits per heavy atom. The molecule has 1 amide bonds. The molecule has 0 saturated carbocycles. The summed E-state index contributed by atoms with van der Waals surface area (Å²) in [6.07, 6.45) is 2.77. The van der Waals surface area contributed by atoms with E-state index in [0.717, 1.165) is 18.7 Å². The molecule has 0 unspecified atom stereocenters. The Labute approximate surface area is 109 Å². The quantitative estimate of drug-likeness (QED) is 0.815. The van der Waals surface area contributed by atoms with E-state index in [4.69, 9.17) is 0 Å². The zero-order chi connectivity index (χ0) is 13.5. The van der Waals surface area contributed by atoms with Crippen molar-refractivity contribution in [1.29, 1.82) is 0 Å². The van der Waals surface area contributed by atoms with Crippen molar-refractivity contribution in [2.75, 3.05) is 11.9 Å². The first-order valence-electron chi connectivity index (χ1n) is 6.50. The minimum absolute atomic E-state index is 0.122. The summed E-state index contributed by atoms with van der Waals surface area (Å²) in [4.78, 5) is 15.9. The highest BCUT2D eigenvalue weighted by Gasteiger charge is 2.08. The van der Waals surface area contributed by atoms with Gasteiger partial charge in [-0.15, -0.1) is 0 Å². The summed E-state index contributed by atoms with van der Waals surface area (Å²) in [6, 6.07) is 3.79. The van der Waals surface area contributed by atoms with Gasteiger partial charge in [0.25, 0.3) is 5.91 Å². The monoisotopic (exact) mass is 249 g/mol. The summed E-state index contributed by atoms with van der Waals surface area (Å²) < 4.78 is 0. The summed E-state index contributed by atoms with van der Waals surface area (Å²) >= 11 is 0. The number of aromatic nitrogens is 1. The number of carbonyl (C=O) groups is 1. The standard InChI is InChI=1S/C14H23N3O/c1-10(2)5-7-15-12-6-8-16-13(9-12)14(18)17-11(3)4/h6,8-11H,5,7H2,1-4H3,(H,15,16)(H,17,18). The molecular formula is C14H23N3O. The number of pyridine rings is 1. The van der Waals surface area contributed by atoms with Gasteiger partial charge < -0.3 is 10.6 Å². The molecule has 2 N–H and O–H groups in total. The Hall–Kier alpha value is -1.58. The molecule has 18 heavy (non-hydrogen) atoms. The van der Waals surface area contributed by atoms with Gasteiger partial charge in [-0.1, -0.05) is 13.8 Å². The maximum absolute atomic E-state index is 11.8. The Morgan fingerprint density at radius 1 is 1.33 bits per heavy atom. The van der Waals surface area contributed by atoms with Crippen molar-refractivity contribution in [3.05, 3.63) is 24.0 Å². The van der Waals surface area contributed by atoms with Crippen molar-refractivity contribution in [3.63, 3.8) is 0 Å². The van der Waals surface area contributed by atoms with E-state index in [0.29, 0.717) is 11.6 Å². The highest BCUT2D eigenvalue weighted by Crippen LogP contribution is 2.09. The van der Waals surface area contributed by atoms with E-state index in [2.05, 4.69) is 29.5 Å². The van der Waals surface area contributed by atoms with E-state index < -0.39 is 0 Å². The first-order chi connectivity index (χ1) is 8.49. The number of nitrogens with zero attached hydrogens (tertiary/aromatic N) is 1. The van der Waals surface area contributed by atoms with Crippen molar-refractivity contribution in [1.82, 2.24) is 10.3 Å². The first-order valence-corrected chi connectivity index (χ1v) is 6.50. The minimum Gasteiger partial charge on any atom is -0.385 e. The van der Waals surface area contributed by atoms with Crippen LogP contribution in [0.3, 0.4) is 0 Å². The van der Waals surface area contributed by atoms with E-state index in [9.17, 15) is 4.79 Å².